The zero-order chi connectivity index (χ0) is 20.4. The number of carboxylic acids is 1. The summed E-state index contributed by atoms with van der Waals surface area (Å²) in [6.07, 6.45) is 0.751. The van der Waals surface area contributed by atoms with Gasteiger partial charge in [-0.3, -0.25) is 4.79 Å². The van der Waals surface area contributed by atoms with E-state index in [2.05, 4.69) is 5.32 Å². The van der Waals surface area contributed by atoms with Gasteiger partial charge in [0.15, 0.2) is 0 Å². The quantitative estimate of drug-likeness (QED) is 0.765. The van der Waals surface area contributed by atoms with Gasteiger partial charge in [0.1, 0.15) is 6.04 Å². The normalized spacial score (nSPS) is 17.7. The van der Waals surface area contributed by atoms with Crippen molar-refractivity contribution in [3.05, 3.63) is 29.3 Å². The van der Waals surface area contributed by atoms with E-state index in [4.69, 9.17) is 0 Å². The van der Waals surface area contributed by atoms with Crippen LogP contribution in [0.1, 0.15) is 37.8 Å². The highest BCUT2D eigenvalue weighted by atomic mass is 32.2. The fourth-order valence-electron chi connectivity index (χ4n) is 3.17. The molecule has 0 saturated carbocycles. The lowest BCUT2D eigenvalue weighted by atomic mass is 9.95. The number of aryl methyl sites for hydroxylation is 2. The van der Waals surface area contributed by atoms with Crippen molar-refractivity contribution in [1.82, 2.24) is 9.62 Å². The topological polar surface area (TPSA) is 104 Å². The predicted molar refractivity (Wildman–Crippen MR) is 102 cm³/mol. The number of sulfonamides is 1. The third-order valence-corrected chi connectivity index (χ3v) is 7.07. The second-order valence-electron chi connectivity index (χ2n) is 7.49. The molecule has 2 N–H and O–H groups in total. The molecule has 8 heteroatoms. The Hall–Kier alpha value is -1.93. The van der Waals surface area contributed by atoms with Gasteiger partial charge >= 0.3 is 5.97 Å². The first kappa shape index (κ1) is 21.4. The summed E-state index contributed by atoms with van der Waals surface area (Å²) in [6, 6.07) is 4.13. The highest BCUT2D eigenvalue weighted by molar-refractivity contribution is 7.89. The molecule has 0 aliphatic carbocycles. The molecule has 0 radical (unpaired) electrons. The van der Waals surface area contributed by atoms with Crippen molar-refractivity contribution < 1.29 is 23.1 Å². The molecule has 1 amide bonds. The van der Waals surface area contributed by atoms with Crippen LogP contribution in [0, 0.1) is 25.7 Å². The van der Waals surface area contributed by atoms with Crippen LogP contribution in [0.15, 0.2) is 23.1 Å². The van der Waals surface area contributed by atoms with E-state index < -0.39 is 22.0 Å². The number of nitrogens with one attached hydrogen (secondary N) is 1. The molecule has 1 atom stereocenters. The maximum absolute atomic E-state index is 12.8. The standard InChI is InChI=1S/C19H28N2O5S/c1-12(2)17(19(23)24)20-18(22)15-7-9-21(10-8-15)27(25,26)16-6-5-13(3)14(4)11-16/h5-6,11-12,15,17H,7-10H2,1-4H3,(H,20,22)(H,23,24). The summed E-state index contributed by atoms with van der Waals surface area (Å²) >= 11 is 0. The maximum Gasteiger partial charge on any atom is 0.326 e. The number of rotatable bonds is 6. The highest BCUT2D eigenvalue weighted by Gasteiger charge is 2.34. The first-order chi connectivity index (χ1) is 12.5. The molecule has 7 nitrogen and oxygen atoms in total. The third-order valence-electron chi connectivity index (χ3n) is 5.17. The van der Waals surface area contributed by atoms with Crippen molar-refractivity contribution in [2.24, 2.45) is 11.8 Å². The Bertz CT molecular complexity index is 811. The van der Waals surface area contributed by atoms with E-state index in [1.54, 1.807) is 32.0 Å². The molecule has 0 aromatic heterocycles. The number of amides is 1. The lowest BCUT2D eigenvalue weighted by Gasteiger charge is -2.31. The molecule has 1 heterocycles. The van der Waals surface area contributed by atoms with Gasteiger partial charge in [0, 0.05) is 19.0 Å². The fraction of sp³-hybridized carbons (Fsp3) is 0.579. The van der Waals surface area contributed by atoms with Crippen molar-refractivity contribution in [1.29, 1.82) is 0 Å². The minimum atomic E-state index is -3.59. The number of nitrogens with zero attached hydrogens (tertiary/aromatic N) is 1. The number of carbonyl (C=O) groups excluding carboxylic acids is 1. The SMILES string of the molecule is Cc1ccc(S(=O)(=O)N2CCC(C(=O)NC(C(=O)O)C(C)C)CC2)cc1C. The molecule has 150 valence electrons. The molecule has 1 unspecified atom stereocenters. The summed E-state index contributed by atoms with van der Waals surface area (Å²) in [5, 5.41) is 11.8. The molecule has 0 bridgehead atoms. The molecule has 1 saturated heterocycles. The molecular weight excluding hydrogens is 368 g/mol. The van der Waals surface area contributed by atoms with E-state index >= 15 is 0 Å². The van der Waals surface area contributed by atoms with Gasteiger partial charge in [-0.15, -0.1) is 0 Å². The van der Waals surface area contributed by atoms with Crippen LogP contribution in [0.2, 0.25) is 0 Å². The largest absolute Gasteiger partial charge is 0.480 e. The Morgan fingerprint density at radius 3 is 2.22 bits per heavy atom. The van der Waals surface area contributed by atoms with E-state index in [9.17, 15) is 23.1 Å². The number of carboxylic acid groups (broad SMARTS) is 1. The molecule has 1 fully saturated rings. The second kappa shape index (κ2) is 8.39. The summed E-state index contributed by atoms with van der Waals surface area (Å²) in [7, 11) is -3.59. The van der Waals surface area contributed by atoms with Crippen molar-refractivity contribution in [2.75, 3.05) is 13.1 Å². The van der Waals surface area contributed by atoms with E-state index in [0.29, 0.717) is 12.8 Å². The summed E-state index contributed by atoms with van der Waals surface area (Å²) in [5.41, 5.74) is 1.95. The van der Waals surface area contributed by atoms with Crippen LogP contribution in [0.25, 0.3) is 0 Å². The molecule has 1 aliphatic rings. The van der Waals surface area contributed by atoms with Crippen LogP contribution in [0.5, 0.6) is 0 Å². The monoisotopic (exact) mass is 396 g/mol. The molecule has 27 heavy (non-hydrogen) atoms. The predicted octanol–water partition coefficient (Wildman–Crippen LogP) is 1.93. The molecule has 1 aromatic rings. The van der Waals surface area contributed by atoms with Crippen LogP contribution in [0.4, 0.5) is 0 Å². The van der Waals surface area contributed by atoms with Gasteiger partial charge in [-0.25, -0.2) is 13.2 Å². The van der Waals surface area contributed by atoms with Gasteiger partial charge in [0.2, 0.25) is 15.9 Å². The third kappa shape index (κ3) is 4.87. The summed E-state index contributed by atoms with van der Waals surface area (Å²) < 4.78 is 27.1. The van der Waals surface area contributed by atoms with Crippen LogP contribution in [0.3, 0.4) is 0 Å². The summed E-state index contributed by atoms with van der Waals surface area (Å²) in [4.78, 5) is 23.9. The van der Waals surface area contributed by atoms with Crippen LogP contribution in [-0.4, -0.2) is 48.8 Å². The zero-order valence-electron chi connectivity index (χ0n) is 16.2. The van der Waals surface area contributed by atoms with Gasteiger partial charge in [0.25, 0.3) is 0 Å². The number of piperidine rings is 1. The number of carbonyl (C=O) groups is 2. The van der Waals surface area contributed by atoms with Crippen molar-refractivity contribution >= 4 is 21.9 Å². The molecular formula is C19H28N2O5S. The van der Waals surface area contributed by atoms with Gasteiger partial charge in [-0.2, -0.15) is 4.31 Å². The number of benzene rings is 1. The fourth-order valence-corrected chi connectivity index (χ4v) is 4.72. The van der Waals surface area contributed by atoms with Crippen molar-refractivity contribution in [2.45, 2.75) is 51.5 Å². The molecule has 0 spiro atoms. The van der Waals surface area contributed by atoms with Gasteiger partial charge < -0.3 is 10.4 Å². The van der Waals surface area contributed by atoms with Crippen molar-refractivity contribution in [3.8, 4) is 0 Å². The second-order valence-corrected chi connectivity index (χ2v) is 9.43. The summed E-state index contributed by atoms with van der Waals surface area (Å²) in [5.74, 6) is -1.99. The van der Waals surface area contributed by atoms with E-state index in [1.165, 1.54) is 4.31 Å². The van der Waals surface area contributed by atoms with Gasteiger partial charge in [-0.05, 0) is 55.9 Å². The average Bonchev–Trinajstić information content (AvgIpc) is 2.61. The van der Waals surface area contributed by atoms with Crippen LogP contribution in [-0.2, 0) is 19.6 Å². The molecule has 1 aromatic carbocycles. The number of hydrogen-bond donors (Lipinski definition) is 2. The Morgan fingerprint density at radius 1 is 1.15 bits per heavy atom. The Kier molecular flexibility index (Phi) is 6.64. The van der Waals surface area contributed by atoms with Gasteiger partial charge in [0.05, 0.1) is 4.90 Å². The minimum absolute atomic E-state index is 0.225. The minimum Gasteiger partial charge on any atom is -0.480 e. The van der Waals surface area contributed by atoms with E-state index in [-0.39, 0.29) is 35.7 Å². The summed E-state index contributed by atoms with van der Waals surface area (Å²) in [6.45, 7) is 7.75. The first-order valence-corrected chi connectivity index (χ1v) is 10.6. The maximum atomic E-state index is 12.8. The lowest BCUT2D eigenvalue weighted by Crippen LogP contribution is -2.49. The lowest BCUT2D eigenvalue weighted by molar-refractivity contribution is -0.144. The Labute approximate surface area is 160 Å². The Balaban J connectivity index is 2.02. The first-order valence-electron chi connectivity index (χ1n) is 9.14. The van der Waals surface area contributed by atoms with E-state index in [1.807, 2.05) is 13.8 Å². The van der Waals surface area contributed by atoms with E-state index in [0.717, 1.165) is 11.1 Å². The number of aliphatic carboxylic acids is 1. The Morgan fingerprint density at radius 2 is 1.74 bits per heavy atom. The van der Waals surface area contributed by atoms with Crippen molar-refractivity contribution in [3.63, 3.8) is 0 Å². The zero-order valence-corrected chi connectivity index (χ0v) is 17.0. The van der Waals surface area contributed by atoms with Crippen LogP contribution >= 0.6 is 0 Å². The average molecular weight is 397 g/mol. The van der Waals surface area contributed by atoms with Crippen LogP contribution < -0.4 is 5.32 Å². The number of hydrogen-bond acceptors (Lipinski definition) is 4. The highest BCUT2D eigenvalue weighted by Crippen LogP contribution is 2.25. The smallest absolute Gasteiger partial charge is 0.326 e. The van der Waals surface area contributed by atoms with Gasteiger partial charge in [-0.1, -0.05) is 19.9 Å². The molecule has 1 aliphatic heterocycles. The molecule has 2 rings (SSSR count).